The third-order valence-corrected chi connectivity index (χ3v) is 5.88. The minimum atomic E-state index is -0.221. The van der Waals surface area contributed by atoms with Gasteiger partial charge in [0.25, 0.3) is 5.91 Å². The van der Waals surface area contributed by atoms with Crippen molar-refractivity contribution >= 4 is 29.1 Å². The Kier molecular flexibility index (Phi) is 7.99. The summed E-state index contributed by atoms with van der Waals surface area (Å²) in [6.45, 7) is 6.58. The lowest BCUT2D eigenvalue weighted by molar-refractivity contribution is 0.0928. The number of benzene rings is 2. The Balaban J connectivity index is 1.61. The van der Waals surface area contributed by atoms with Crippen LogP contribution in [0.1, 0.15) is 67.2 Å². The molecule has 0 radical (unpaired) electrons. The van der Waals surface area contributed by atoms with E-state index in [1.54, 1.807) is 35.1 Å². The lowest BCUT2D eigenvalue weighted by Gasteiger charge is -2.18. The molecule has 7 heteroatoms. The maximum absolute atomic E-state index is 12.7. The van der Waals surface area contributed by atoms with Crippen LogP contribution in [-0.2, 0) is 6.73 Å². The summed E-state index contributed by atoms with van der Waals surface area (Å²) in [7, 11) is 0. The predicted octanol–water partition coefficient (Wildman–Crippen LogP) is 6.62. The second kappa shape index (κ2) is 10.7. The first kappa shape index (κ1) is 23.2. The molecule has 0 spiro atoms. The Morgan fingerprint density at radius 1 is 1.06 bits per heavy atom. The zero-order valence-corrected chi connectivity index (χ0v) is 19.5. The van der Waals surface area contributed by atoms with Crippen molar-refractivity contribution in [3.05, 3.63) is 81.6 Å². The van der Waals surface area contributed by atoms with Gasteiger partial charge in [0.1, 0.15) is 11.4 Å². The van der Waals surface area contributed by atoms with Gasteiger partial charge in [-0.15, -0.1) is 0 Å². The van der Waals surface area contributed by atoms with Gasteiger partial charge in [0.2, 0.25) is 0 Å². The van der Waals surface area contributed by atoms with Crippen molar-refractivity contribution in [2.45, 2.75) is 52.3 Å². The van der Waals surface area contributed by atoms with Gasteiger partial charge in [0, 0.05) is 11.2 Å². The number of aromatic nitrogens is 2. The molecule has 2 aromatic carbocycles. The monoisotopic (exact) mass is 459 g/mol. The lowest BCUT2D eigenvalue weighted by atomic mass is 9.95. The molecule has 3 aromatic rings. The number of carbonyl (C=O) groups is 1. The van der Waals surface area contributed by atoms with E-state index >= 15 is 0 Å². The van der Waals surface area contributed by atoms with Crippen LogP contribution in [0.25, 0.3) is 0 Å². The zero-order valence-electron chi connectivity index (χ0n) is 17.9. The SMILES string of the molecule is CCC(C)c1ccc(C(CC)NC(=O)c2ccn(COc3ccc(Cl)cc3Cl)n2)cc1. The average molecular weight is 460 g/mol. The van der Waals surface area contributed by atoms with E-state index in [0.29, 0.717) is 27.4 Å². The molecule has 31 heavy (non-hydrogen) atoms. The molecule has 3 rings (SSSR count). The van der Waals surface area contributed by atoms with Crippen molar-refractivity contribution in [3.63, 3.8) is 0 Å². The molecule has 2 atom stereocenters. The topological polar surface area (TPSA) is 56.2 Å². The summed E-state index contributed by atoms with van der Waals surface area (Å²) >= 11 is 12.0. The largest absolute Gasteiger partial charge is 0.470 e. The summed E-state index contributed by atoms with van der Waals surface area (Å²) in [4.78, 5) is 12.7. The Labute approximate surface area is 193 Å². The summed E-state index contributed by atoms with van der Waals surface area (Å²) in [5, 5.41) is 8.34. The van der Waals surface area contributed by atoms with E-state index in [0.717, 1.165) is 18.4 Å². The van der Waals surface area contributed by atoms with E-state index in [1.165, 1.54) is 5.56 Å². The number of nitrogens with zero attached hydrogens (tertiary/aromatic N) is 2. The molecule has 1 aromatic heterocycles. The van der Waals surface area contributed by atoms with E-state index in [-0.39, 0.29) is 18.7 Å². The molecule has 0 aliphatic rings. The molecule has 0 saturated heterocycles. The highest BCUT2D eigenvalue weighted by Crippen LogP contribution is 2.27. The van der Waals surface area contributed by atoms with Crippen LogP contribution in [0.4, 0.5) is 0 Å². The standard InChI is InChI=1S/C24H27Cl2N3O2/c1-4-16(3)17-6-8-18(9-7-17)21(5-2)27-24(30)22-12-13-29(28-22)15-31-23-11-10-19(25)14-20(23)26/h6-14,16,21H,4-5,15H2,1-3H3,(H,27,30). The Hall–Kier alpha value is -2.50. The van der Waals surface area contributed by atoms with Crippen molar-refractivity contribution in [3.8, 4) is 5.75 Å². The molecule has 0 fully saturated rings. The quantitative estimate of drug-likeness (QED) is 0.390. The van der Waals surface area contributed by atoms with Crippen LogP contribution in [0.3, 0.4) is 0 Å². The van der Waals surface area contributed by atoms with E-state index in [4.69, 9.17) is 27.9 Å². The predicted molar refractivity (Wildman–Crippen MR) is 125 cm³/mol. The van der Waals surface area contributed by atoms with Crippen LogP contribution in [0, 0.1) is 0 Å². The molecule has 0 aliphatic carbocycles. The fourth-order valence-electron chi connectivity index (χ4n) is 3.23. The molecule has 1 N–H and O–H groups in total. The molecule has 5 nitrogen and oxygen atoms in total. The Bertz CT molecular complexity index is 1020. The summed E-state index contributed by atoms with van der Waals surface area (Å²) in [5.74, 6) is 0.804. The van der Waals surface area contributed by atoms with Gasteiger partial charge in [-0.2, -0.15) is 5.10 Å². The van der Waals surface area contributed by atoms with E-state index < -0.39 is 0 Å². The maximum Gasteiger partial charge on any atom is 0.272 e. The summed E-state index contributed by atoms with van der Waals surface area (Å²) in [6, 6.07) is 15.1. The van der Waals surface area contributed by atoms with Gasteiger partial charge in [0.15, 0.2) is 6.73 Å². The molecule has 0 saturated carbocycles. The Morgan fingerprint density at radius 2 is 1.77 bits per heavy atom. The summed E-state index contributed by atoms with van der Waals surface area (Å²) in [5.41, 5.74) is 2.73. The molecule has 2 unspecified atom stereocenters. The molecule has 1 heterocycles. The van der Waals surface area contributed by atoms with Crippen molar-refractivity contribution in [2.24, 2.45) is 0 Å². The van der Waals surface area contributed by atoms with Crippen molar-refractivity contribution in [2.75, 3.05) is 0 Å². The minimum Gasteiger partial charge on any atom is -0.470 e. The fourth-order valence-corrected chi connectivity index (χ4v) is 3.69. The van der Waals surface area contributed by atoms with Gasteiger partial charge >= 0.3 is 0 Å². The number of nitrogens with one attached hydrogen (secondary N) is 1. The first-order valence-corrected chi connectivity index (χ1v) is 11.2. The Morgan fingerprint density at radius 3 is 2.42 bits per heavy atom. The zero-order chi connectivity index (χ0) is 22.4. The molecule has 1 amide bonds. The van der Waals surface area contributed by atoms with Crippen LogP contribution in [0.5, 0.6) is 5.75 Å². The molecule has 0 bridgehead atoms. The molecule has 164 valence electrons. The highest BCUT2D eigenvalue weighted by atomic mass is 35.5. The van der Waals surface area contributed by atoms with Gasteiger partial charge in [-0.3, -0.25) is 4.79 Å². The number of halogens is 2. The lowest BCUT2D eigenvalue weighted by Crippen LogP contribution is -2.28. The molecular weight excluding hydrogens is 433 g/mol. The van der Waals surface area contributed by atoms with Gasteiger partial charge in [0.05, 0.1) is 11.1 Å². The van der Waals surface area contributed by atoms with Gasteiger partial charge in [-0.25, -0.2) is 4.68 Å². The third-order valence-electron chi connectivity index (χ3n) is 5.35. The number of carbonyl (C=O) groups excluding carboxylic acids is 1. The second-order valence-corrected chi connectivity index (χ2v) is 8.34. The molecular formula is C24H27Cl2N3O2. The fraction of sp³-hybridized carbons (Fsp3) is 0.333. The van der Waals surface area contributed by atoms with Crippen LogP contribution in [0.15, 0.2) is 54.7 Å². The van der Waals surface area contributed by atoms with Gasteiger partial charge < -0.3 is 10.1 Å². The number of hydrogen-bond donors (Lipinski definition) is 1. The minimum absolute atomic E-state index is 0.0762. The summed E-state index contributed by atoms with van der Waals surface area (Å²) < 4.78 is 7.20. The first-order chi connectivity index (χ1) is 14.9. The van der Waals surface area contributed by atoms with E-state index in [2.05, 4.69) is 55.5 Å². The maximum atomic E-state index is 12.7. The number of ether oxygens (including phenoxy) is 1. The number of rotatable bonds is 9. The molecule has 0 aliphatic heterocycles. The average Bonchev–Trinajstić information content (AvgIpc) is 3.25. The normalized spacial score (nSPS) is 12.9. The third kappa shape index (κ3) is 6.02. The van der Waals surface area contributed by atoms with Crippen LogP contribution >= 0.6 is 23.2 Å². The van der Waals surface area contributed by atoms with Crippen molar-refractivity contribution in [1.29, 1.82) is 0 Å². The van der Waals surface area contributed by atoms with Crippen molar-refractivity contribution < 1.29 is 9.53 Å². The number of hydrogen-bond acceptors (Lipinski definition) is 3. The van der Waals surface area contributed by atoms with Gasteiger partial charge in [-0.1, -0.05) is 68.2 Å². The van der Waals surface area contributed by atoms with Crippen LogP contribution in [0.2, 0.25) is 10.0 Å². The second-order valence-electron chi connectivity index (χ2n) is 7.50. The van der Waals surface area contributed by atoms with Crippen LogP contribution in [-0.4, -0.2) is 15.7 Å². The van der Waals surface area contributed by atoms with E-state index in [9.17, 15) is 4.79 Å². The van der Waals surface area contributed by atoms with Crippen LogP contribution < -0.4 is 10.1 Å². The first-order valence-electron chi connectivity index (χ1n) is 10.4. The van der Waals surface area contributed by atoms with Crippen molar-refractivity contribution in [1.82, 2.24) is 15.1 Å². The highest BCUT2D eigenvalue weighted by Gasteiger charge is 2.17. The number of amides is 1. The van der Waals surface area contributed by atoms with Gasteiger partial charge in [-0.05, 0) is 54.2 Å². The highest BCUT2D eigenvalue weighted by molar-refractivity contribution is 6.35. The summed E-state index contributed by atoms with van der Waals surface area (Å²) in [6.07, 6.45) is 3.58. The smallest absolute Gasteiger partial charge is 0.272 e. The van der Waals surface area contributed by atoms with E-state index in [1.807, 2.05) is 0 Å².